The predicted molar refractivity (Wildman–Crippen MR) is 63.8 cm³/mol. The number of ether oxygens (including phenoxy) is 1. The molecular weight excluding hydrogens is 219 g/mol. The van der Waals surface area contributed by atoms with Gasteiger partial charge in [0, 0.05) is 18.8 Å². The SMILES string of the molecule is CC(=O)c1ccccc1C(F)C1CCOCC1. The van der Waals surface area contributed by atoms with E-state index in [0.717, 1.165) is 12.8 Å². The predicted octanol–water partition coefficient (Wildman–Crippen LogP) is 3.33. The third-order valence-electron chi connectivity index (χ3n) is 3.32. The van der Waals surface area contributed by atoms with Crippen LogP contribution < -0.4 is 0 Å². The minimum absolute atomic E-state index is 0.0238. The maximum atomic E-state index is 14.4. The van der Waals surface area contributed by atoms with Crippen LogP contribution in [0.3, 0.4) is 0 Å². The monoisotopic (exact) mass is 236 g/mol. The van der Waals surface area contributed by atoms with E-state index in [1.165, 1.54) is 6.92 Å². The van der Waals surface area contributed by atoms with Crippen LogP contribution in [0.1, 0.15) is 41.9 Å². The first-order chi connectivity index (χ1) is 8.20. The van der Waals surface area contributed by atoms with Crippen molar-refractivity contribution in [1.82, 2.24) is 0 Å². The first-order valence-corrected chi connectivity index (χ1v) is 6.02. The Bertz CT molecular complexity index is 397. The molecule has 1 heterocycles. The Morgan fingerprint density at radius 1 is 1.35 bits per heavy atom. The molecule has 2 rings (SSSR count). The quantitative estimate of drug-likeness (QED) is 0.752. The molecule has 1 unspecified atom stereocenters. The zero-order valence-electron chi connectivity index (χ0n) is 9.99. The summed E-state index contributed by atoms with van der Waals surface area (Å²) in [6, 6.07) is 6.98. The highest BCUT2D eigenvalue weighted by atomic mass is 19.1. The zero-order valence-corrected chi connectivity index (χ0v) is 9.99. The van der Waals surface area contributed by atoms with E-state index in [9.17, 15) is 9.18 Å². The summed E-state index contributed by atoms with van der Waals surface area (Å²) in [6.07, 6.45) is 0.403. The van der Waals surface area contributed by atoms with E-state index in [2.05, 4.69) is 0 Å². The van der Waals surface area contributed by atoms with E-state index in [1.807, 2.05) is 0 Å². The molecule has 2 nitrogen and oxygen atoms in total. The minimum atomic E-state index is -1.06. The molecule has 1 atom stereocenters. The van der Waals surface area contributed by atoms with Crippen molar-refractivity contribution in [3.05, 3.63) is 35.4 Å². The lowest BCUT2D eigenvalue weighted by Crippen LogP contribution is -2.21. The van der Waals surface area contributed by atoms with Crippen molar-refractivity contribution in [3.8, 4) is 0 Å². The zero-order chi connectivity index (χ0) is 12.3. The van der Waals surface area contributed by atoms with E-state index in [1.54, 1.807) is 24.3 Å². The Kier molecular flexibility index (Phi) is 3.89. The number of carbonyl (C=O) groups is 1. The fraction of sp³-hybridized carbons (Fsp3) is 0.500. The van der Waals surface area contributed by atoms with Gasteiger partial charge in [0.1, 0.15) is 6.17 Å². The Labute approximate surface area is 101 Å². The molecule has 0 saturated carbocycles. The first-order valence-electron chi connectivity index (χ1n) is 6.02. The van der Waals surface area contributed by atoms with Crippen molar-refractivity contribution >= 4 is 5.78 Å². The average molecular weight is 236 g/mol. The summed E-state index contributed by atoms with van der Waals surface area (Å²) in [5.41, 5.74) is 1.04. The van der Waals surface area contributed by atoms with Gasteiger partial charge in [-0.3, -0.25) is 4.79 Å². The molecule has 1 saturated heterocycles. The first kappa shape index (κ1) is 12.2. The van der Waals surface area contributed by atoms with Gasteiger partial charge in [-0.15, -0.1) is 0 Å². The molecule has 0 spiro atoms. The third kappa shape index (κ3) is 2.72. The number of hydrogen-bond donors (Lipinski definition) is 0. The van der Waals surface area contributed by atoms with Crippen LogP contribution in [-0.2, 0) is 4.74 Å². The van der Waals surface area contributed by atoms with Crippen LogP contribution in [0.15, 0.2) is 24.3 Å². The Hall–Kier alpha value is -1.22. The molecule has 0 N–H and O–H groups in total. The molecule has 0 aliphatic carbocycles. The van der Waals surface area contributed by atoms with E-state index < -0.39 is 6.17 Å². The fourth-order valence-electron chi connectivity index (χ4n) is 2.32. The van der Waals surface area contributed by atoms with Crippen LogP contribution >= 0.6 is 0 Å². The lowest BCUT2D eigenvalue weighted by atomic mass is 9.87. The molecule has 0 aromatic heterocycles. The fourth-order valence-corrected chi connectivity index (χ4v) is 2.32. The van der Waals surface area contributed by atoms with Crippen molar-refractivity contribution in [2.75, 3.05) is 13.2 Å². The molecule has 1 aliphatic rings. The van der Waals surface area contributed by atoms with Gasteiger partial charge in [-0.2, -0.15) is 0 Å². The minimum Gasteiger partial charge on any atom is -0.381 e. The number of carbonyl (C=O) groups excluding carboxylic acids is 1. The molecule has 0 bridgehead atoms. The number of Topliss-reactive ketones (excluding diaryl/α,β-unsaturated/α-hetero) is 1. The van der Waals surface area contributed by atoms with Gasteiger partial charge in [0.05, 0.1) is 0 Å². The number of hydrogen-bond acceptors (Lipinski definition) is 2. The van der Waals surface area contributed by atoms with Crippen molar-refractivity contribution in [2.24, 2.45) is 5.92 Å². The van der Waals surface area contributed by atoms with Gasteiger partial charge in [-0.25, -0.2) is 4.39 Å². The van der Waals surface area contributed by atoms with Crippen molar-refractivity contribution in [2.45, 2.75) is 25.9 Å². The second kappa shape index (κ2) is 5.41. The van der Waals surface area contributed by atoms with Crippen molar-refractivity contribution in [1.29, 1.82) is 0 Å². The summed E-state index contributed by atoms with van der Waals surface area (Å²) in [6.45, 7) is 2.72. The molecular formula is C14H17FO2. The van der Waals surface area contributed by atoms with Crippen LogP contribution in [0.2, 0.25) is 0 Å². The Morgan fingerprint density at radius 3 is 2.65 bits per heavy atom. The molecule has 3 heteroatoms. The Morgan fingerprint density at radius 2 is 2.00 bits per heavy atom. The smallest absolute Gasteiger partial charge is 0.160 e. The molecule has 17 heavy (non-hydrogen) atoms. The highest BCUT2D eigenvalue weighted by molar-refractivity contribution is 5.95. The van der Waals surface area contributed by atoms with E-state index in [4.69, 9.17) is 4.74 Å². The number of alkyl halides is 1. The van der Waals surface area contributed by atoms with Gasteiger partial charge >= 0.3 is 0 Å². The van der Waals surface area contributed by atoms with Crippen LogP contribution in [0.25, 0.3) is 0 Å². The third-order valence-corrected chi connectivity index (χ3v) is 3.32. The van der Waals surface area contributed by atoms with Gasteiger partial charge in [-0.1, -0.05) is 24.3 Å². The molecule has 0 radical (unpaired) electrons. The van der Waals surface area contributed by atoms with E-state index >= 15 is 0 Å². The molecule has 0 amide bonds. The summed E-state index contributed by atoms with van der Waals surface area (Å²) in [5, 5.41) is 0. The number of halogens is 1. The molecule has 1 aromatic carbocycles. The van der Waals surface area contributed by atoms with Gasteiger partial charge < -0.3 is 4.74 Å². The molecule has 1 aliphatic heterocycles. The summed E-state index contributed by atoms with van der Waals surface area (Å²) in [7, 11) is 0. The van der Waals surface area contributed by atoms with Crippen molar-refractivity contribution < 1.29 is 13.9 Å². The lowest BCUT2D eigenvalue weighted by Gasteiger charge is -2.26. The summed E-state index contributed by atoms with van der Waals surface area (Å²) in [5.74, 6) is -0.0976. The number of rotatable bonds is 3. The van der Waals surface area contributed by atoms with Crippen LogP contribution in [0.4, 0.5) is 4.39 Å². The largest absolute Gasteiger partial charge is 0.381 e. The molecule has 1 fully saturated rings. The normalized spacial score (nSPS) is 18.9. The van der Waals surface area contributed by atoms with Crippen LogP contribution in [0, 0.1) is 5.92 Å². The molecule has 1 aromatic rings. The second-order valence-corrected chi connectivity index (χ2v) is 4.50. The number of ketones is 1. The topological polar surface area (TPSA) is 26.3 Å². The average Bonchev–Trinajstić information content (AvgIpc) is 2.39. The molecule has 92 valence electrons. The van der Waals surface area contributed by atoms with Crippen LogP contribution in [-0.4, -0.2) is 19.0 Å². The van der Waals surface area contributed by atoms with E-state index in [0.29, 0.717) is 24.3 Å². The van der Waals surface area contributed by atoms with E-state index in [-0.39, 0.29) is 11.7 Å². The second-order valence-electron chi connectivity index (χ2n) is 4.50. The maximum absolute atomic E-state index is 14.4. The lowest BCUT2D eigenvalue weighted by molar-refractivity contribution is 0.0363. The summed E-state index contributed by atoms with van der Waals surface area (Å²) >= 11 is 0. The summed E-state index contributed by atoms with van der Waals surface area (Å²) < 4.78 is 19.7. The number of benzene rings is 1. The maximum Gasteiger partial charge on any atom is 0.160 e. The summed E-state index contributed by atoms with van der Waals surface area (Å²) in [4.78, 5) is 11.5. The van der Waals surface area contributed by atoms with Crippen LogP contribution in [0.5, 0.6) is 0 Å². The highest BCUT2D eigenvalue weighted by Gasteiger charge is 2.27. The standard InChI is InChI=1S/C14H17FO2/c1-10(16)12-4-2-3-5-13(12)14(15)11-6-8-17-9-7-11/h2-5,11,14H,6-9H2,1H3. The van der Waals surface area contributed by atoms with Gasteiger partial charge in [-0.05, 0) is 31.2 Å². The highest BCUT2D eigenvalue weighted by Crippen LogP contribution is 2.34. The Balaban J connectivity index is 2.23. The van der Waals surface area contributed by atoms with Crippen molar-refractivity contribution in [3.63, 3.8) is 0 Å². The van der Waals surface area contributed by atoms with Gasteiger partial charge in [0.15, 0.2) is 5.78 Å². The van der Waals surface area contributed by atoms with Gasteiger partial charge in [0.2, 0.25) is 0 Å². The van der Waals surface area contributed by atoms with Gasteiger partial charge in [0.25, 0.3) is 0 Å².